The molecule has 3 aliphatic rings. The predicted octanol–water partition coefficient (Wildman–Crippen LogP) is -1.41. The quantitative estimate of drug-likeness (QED) is 0.146. The van der Waals surface area contributed by atoms with Crippen LogP contribution in [0.1, 0.15) is 69.2 Å². The number of carbonyl (C=O) groups is 9. The van der Waals surface area contributed by atoms with Crippen LogP contribution in [0.3, 0.4) is 0 Å². The maximum Gasteiger partial charge on any atom is 0.303 e. The number of rotatable bonds is 15. The van der Waals surface area contributed by atoms with E-state index >= 15 is 0 Å². The van der Waals surface area contributed by atoms with Crippen molar-refractivity contribution in [3.8, 4) is 0 Å². The van der Waals surface area contributed by atoms with Crippen LogP contribution in [0.5, 0.6) is 0 Å². The van der Waals surface area contributed by atoms with Crippen molar-refractivity contribution in [1.82, 2.24) is 0 Å². The number of ether oxygens (including phenoxy) is 14. The van der Waals surface area contributed by atoms with Gasteiger partial charge in [-0.25, -0.2) is 0 Å². The van der Waals surface area contributed by atoms with Gasteiger partial charge in [0.25, 0.3) is 0 Å². The van der Waals surface area contributed by atoms with Crippen LogP contribution in [0.2, 0.25) is 0 Å². The van der Waals surface area contributed by atoms with Crippen LogP contribution < -0.4 is 0 Å². The Morgan fingerprint density at radius 3 is 1.12 bits per heavy atom. The van der Waals surface area contributed by atoms with Gasteiger partial charge in [-0.2, -0.15) is 0 Å². The van der Waals surface area contributed by atoms with Gasteiger partial charge in [-0.1, -0.05) is 0 Å². The second kappa shape index (κ2) is 22.0. The number of esters is 9. The molecular weight excluding hydrogens is 816 g/mol. The lowest BCUT2D eigenvalue weighted by Gasteiger charge is -2.50. The van der Waals surface area contributed by atoms with Gasteiger partial charge in [-0.05, 0) is 6.92 Å². The topological polar surface area (TPSA) is 303 Å². The molecule has 60 heavy (non-hydrogen) atoms. The Morgan fingerprint density at radius 2 is 0.700 bits per heavy atom. The van der Waals surface area contributed by atoms with Crippen LogP contribution in [-0.4, -0.2) is 164 Å². The molecule has 0 aromatic heterocycles. The van der Waals surface area contributed by atoms with E-state index in [1.807, 2.05) is 0 Å². The van der Waals surface area contributed by atoms with Crippen molar-refractivity contribution in [2.45, 2.75) is 161 Å². The van der Waals surface area contributed by atoms with E-state index in [0.29, 0.717) is 0 Å². The molecule has 3 aliphatic heterocycles. The summed E-state index contributed by atoms with van der Waals surface area (Å²) in [6.45, 7) is 9.20. The molecule has 0 amide bonds. The van der Waals surface area contributed by atoms with Gasteiger partial charge in [0.2, 0.25) is 0 Å². The normalized spacial score (nSPS) is 33.8. The molecule has 0 aromatic rings. The van der Waals surface area contributed by atoms with E-state index in [4.69, 9.17) is 66.3 Å². The van der Waals surface area contributed by atoms with Gasteiger partial charge < -0.3 is 71.4 Å². The minimum Gasteiger partial charge on any atom is -0.463 e. The second-order valence-corrected chi connectivity index (χ2v) is 13.6. The number of hydrogen-bond donors (Lipinski definition) is 1. The van der Waals surface area contributed by atoms with E-state index in [0.717, 1.165) is 62.3 Å². The van der Waals surface area contributed by atoms with Crippen LogP contribution in [0, 0.1) is 0 Å². The third kappa shape index (κ3) is 14.0. The summed E-state index contributed by atoms with van der Waals surface area (Å²) >= 11 is 0. The van der Waals surface area contributed by atoms with E-state index in [1.165, 1.54) is 6.92 Å². The summed E-state index contributed by atoms with van der Waals surface area (Å²) < 4.78 is 78.8. The molecule has 24 heteroatoms. The van der Waals surface area contributed by atoms with Crippen LogP contribution in [0.25, 0.3) is 0 Å². The molecule has 0 aliphatic carbocycles. The predicted molar refractivity (Wildman–Crippen MR) is 186 cm³/mol. The molecule has 338 valence electrons. The Kier molecular flexibility index (Phi) is 18.1. The molecule has 3 heterocycles. The molecule has 1 N–H and O–H groups in total. The van der Waals surface area contributed by atoms with Crippen molar-refractivity contribution in [1.29, 1.82) is 0 Å². The van der Waals surface area contributed by atoms with Crippen LogP contribution in [0.4, 0.5) is 0 Å². The summed E-state index contributed by atoms with van der Waals surface area (Å²) in [5.41, 5.74) is 0. The smallest absolute Gasteiger partial charge is 0.303 e. The summed E-state index contributed by atoms with van der Waals surface area (Å²) in [6.07, 6.45) is -25.9. The van der Waals surface area contributed by atoms with E-state index in [9.17, 15) is 48.3 Å². The molecule has 3 saturated heterocycles. The first kappa shape index (κ1) is 49.4. The lowest BCUT2D eigenvalue weighted by Crippen LogP contribution is -2.68. The maximum atomic E-state index is 12.8. The molecular formula is C36H50O24. The van der Waals surface area contributed by atoms with Crippen LogP contribution in [0.15, 0.2) is 0 Å². The molecule has 3 rings (SSSR count). The Balaban J connectivity index is 2.27. The van der Waals surface area contributed by atoms with Crippen molar-refractivity contribution in [3.63, 3.8) is 0 Å². The van der Waals surface area contributed by atoms with E-state index in [-0.39, 0.29) is 0 Å². The van der Waals surface area contributed by atoms with Gasteiger partial charge in [0, 0.05) is 62.3 Å². The maximum absolute atomic E-state index is 12.8. The highest BCUT2D eigenvalue weighted by atomic mass is 16.8. The zero-order valence-corrected chi connectivity index (χ0v) is 34.4. The minimum atomic E-state index is -2.13. The second-order valence-electron chi connectivity index (χ2n) is 13.6. The summed E-state index contributed by atoms with van der Waals surface area (Å²) in [6, 6.07) is 0. The van der Waals surface area contributed by atoms with E-state index in [1.54, 1.807) is 0 Å². The van der Waals surface area contributed by atoms with Crippen LogP contribution >= 0.6 is 0 Å². The zero-order valence-electron chi connectivity index (χ0n) is 34.4. The average Bonchev–Trinajstić information content (AvgIpc) is 3.10. The number of hydrogen-bond acceptors (Lipinski definition) is 24. The highest BCUT2D eigenvalue weighted by molar-refractivity contribution is 5.70. The third-order valence-corrected chi connectivity index (χ3v) is 8.53. The Morgan fingerprint density at radius 1 is 0.383 bits per heavy atom. The molecule has 0 bridgehead atoms. The van der Waals surface area contributed by atoms with Crippen molar-refractivity contribution in [2.75, 3.05) is 13.2 Å². The van der Waals surface area contributed by atoms with Crippen molar-refractivity contribution >= 4 is 53.7 Å². The minimum absolute atomic E-state index is 0.615. The fourth-order valence-electron chi connectivity index (χ4n) is 6.55. The molecule has 0 spiro atoms. The first-order chi connectivity index (χ1) is 28.0. The number of aliphatic hydroxyl groups excluding tert-OH is 1. The molecule has 24 nitrogen and oxygen atoms in total. The monoisotopic (exact) mass is 866 g/mol. The van der Waals surface area contributed by atoms with Gasteiger partial charge in [0.05, 0.1) is 6.10 Å². The fraction of sp³-hybridized carbons (Fsp3) is 0.750. The lowest BCUT2D eigenvalue weighted by atomic mass is 9.95. The highest BCUT2D eigenvalue weighted by Gasteiger charge is 2.59. The molecule has 15 atom stereocenters. The van der Waals surface area contributed by atoms with Crippen LogP contribution in [-0.2, 0) is 109 Å². The summed E-state index contributed by atoms with van der Waals surface area (Å²) in [4.78, 5) is 111. The van der Waals surface area contributed by atoms with Crippen molar-refractivity contribution < 1.29 is 115 Å². The number of aliphatic hydroxyl groups is 1. The summed E-state index contributed by atoms with van der Waals surface area (Å²) in [5.74, 6) is -8.23. The Bertz CT molecular complexity index is 1600. The number of carbonyl (C=O) groups excluding carboxylic acids is 9. The average molecular weight is 867 g/mol. The Labute approximate surface area is 342 Å². The van der Waals surface area contributed by atoms with Gasteiger partial charge in [-0.15, -0.1) is 0 Å². The van der Waals surface area contributed by atoms with E-state index < -0.39 is 159 Å². The first-order valence-electron chi connectivity index (χ1n) is 18.4. The van der Waals surface area contributed by atoms with Crippen molar-refractivity contribution in [2.24, 2.45) is 0 Å². The summed E-state index contributed by atoms with van der Waals surface area (Å²) in [5, 5.41) is 11.4. The first-order valence-corrected chi connectivity index (χ1v) is 18.4. The van der Waals surface area contributed by atoms with Gasteiger partial charge in [0.1, 0.15) is 25.4 Å². The molecule has 0 radical (unpaired) electrons. The van der Waals surface area contributed by atoms with E-state index in [2.05, 4.69) is 0 Å². The van der Waals surface area contributed by atoms with Gasteiger partial charge >= 0.3 is 53.7 Å². The SMILES string of the molecule is CC(=O)OC[C@H]1O[C@@H](O[C@@H]2[C@@H](OC(C)=O)[C@H](OC(C)=O)[C@@H](COC(C)=O)O[C@H]2O)[C@H](O[C@@H]2O[C@@H](C)[C@@H](OC(C)=O)[C@@H](OC(C)=O)[C@@H]2OC(C)=O)[C@@H](OC(C)=O)[C@H]1OC(C)=O. The fourth-order valence-corrected chi connectivity index (χ4v) is 6.55. The highest BCUT2D eigenvalue weighted by Crippen LogP contribution is 2.38. The lowest BCUT2D eigenvalue weighted by molar-refractivity contribution is -0.390. The largest absolute Gasteiger partial charge is 0.463 e. The van der Waals surface area contributed by atoms with Gasteiger partial charge in [0.15, 0.2) is 73.8 Å². The molecule has 3 fully saturated rings. The zero-order chi connectivity index (χ0) is 45.2. The van der Waals surface area contributed by atoms with Gasteiger partial charge in [-0.3, -0.25) is 43.2 Å². The third-order valence-electron chi connectivity index (χ3n) is 8.53. The summed E-state index contributed by atoms with van der Waals surface area (Å²) in [7, 11) is 0. The molecule has 0 saturated carbocycles. The Hall–Kier alpha value is -5.01. The van der Waals surface area contributed by atoms with Crippen molar-refractivity contribution in [3.05, 3.63) is 0 Å². The molecule has 0 aromatic carbocycles. The standard InChI is InChI=1S/C36H50O24/c1-13-25(50-16(4)39)28(53-19(7)42)32(56-22(10)45)35(49-13)60-33-30(55-21(9)44)27(52-18(6)41)24(12-48-15(3)38)58-36(33)59-31-29(54-20(8)43)26(51-17(5)40)23(57-34(31)46)11-47-14(2)37/h13,23-36,46H,11-12H2,1-10H3/t13-,23+,24+,25+,26+,27-,28+,29-,30-,31+,32-,33+,34+,35-,36-/m0/s1. The molecule has 0 unspecified atom stereocenters.